The van der Waals surface area contributed by atoms with Crippen molar-refractivity contribution in [2.75, 3.05) is 0 Å². The summed E-state index contributed by atoms with van der Waals surface area (Å²) in [7, 11) is 0. The zero-order chi connectivity index (χ0) is 16.3. The van der Waals surface area contributed by atoms with Crippen LogP contribution in [-0.2, 0) is 10.2 Å². The van der Waals surface area contributed by atoms with Gasteiger partial charge in [0, 0.05) is 6.04 Å². The number of hydrogen-bond acceptors (Lipinski definition) is 2. The van der Waals surface area contributed by atoms with E-state index in [4.69, 9.17) is 0 Å². The molecule has 0 aromatic heterocycles. The second-order valence-electron chi connectivity index (χ2n) is 6.72. The fourth-order valence-electron chi connectivity index (χ4n) is 3.68. The number of carboxylic acids is 1. The van der Waals surface area contributed by atoms with Gasteiger partial charge in [0.15, 0.2) is 0 Å². The van der Waals surface area contributed by atoms with E-state index in [1.807, 2.05) is 36.4 Å². The van der Waals surface area contributed by atoms with Gasteiger partial charge in [0.2, 0.25) is 0 Å². The predicted octanol–water partition coefficient (Wildman–Crippen LogP) is 3.91. The average Bonchev–Trinajstić information content (AvgIpc) is 2.96. The van der Waals surface area contributed by atoms with Gasteiger partial charge in [-0.25, -0.2) is 0 Å². The molecule has 0 aliphatic heterocycles. The topological polar surface area (TPSA) is 49.3 Å². The molecule has 2 aromatic carbocycles. The third kappa shape index (κ3) is 3.45. The van der Waals surface area contributed by atoms with Crippen LogP contribution in [0.15, 0.2) is 60.7 Å². The standard InChI is InChI=1S/C20H23NO2/c1-20(16-10-6-3-7-11-16)13-12-17(14-20)21-18(19(22)23)15-8-4-2-5-9-15/h2-11,17-18,21H,12-14H2,1H3,(H,22,23)/t17?,18-,20?/m1/s1. The summed E-state index contributed by atoms with van der Waals surface area (Å²) in [6.07, 6.45) is 3.05. The van der Waals surface area contributed by atoms with E-state index in [2.05, 4.69) is 36.5 Å². The predicted molar refractivity (Wildman–Crippen MR) is 91.4 cm³/mol. The minimum absolute atomic E-state index is 0.124. The fourth-order valence-corrected chi connectivity index (χ4v) is 3.68. The van der Waals surface area contributed by atoms with Crippen molar-refractivity contribution in [3.63, 3.8) is 0 Å². The Labute approximate surface area is 137 Å². The summed E-state index contributed by atoms with van der Waals surface area (Å²) in [5, 5.41) is 12.9. The number of carboxylic acid groups (broad SMARTS) is 1. The first-order valence-electron chi connectivity index (χ1n) is 8.18. The maximum atomic E-state index is 11.7. The molecule has 3 heteroatoms. The van der Waals surface area contributed by atoms with Gasteiger partial charge >= 0.3 is 5.97 Å². The number of nitrogens with one attached hydrogen (secondary N) is 1. The highest BCUT2D eigenvalue weighted by atomic mass is 16.4. The molecule has 2 aromatic rings. The van der Waals surface area contributed by atoms with Crippen LogP contribution in [0.1, 0.15) is 43.4 Å². The molecule has 120 valence electrons. The number of rotatable bonds is 5. The van der Waals surface area contributed by atoms with Crippen LogP contribution in [0, 0.1) is 0 Å². The van der Waals surface area contributed by atoms with Crippen molar-refractivity contribution in [2.45, 2.75) is 43.7 Å². The van der Waals surface area contributed by atoms with E-state index >= 15 is 0 Å². The van der Waals surface area contributed by atoms with Gasteiger partial charge in [-0.2, -0.15) is 0 Å². The monoisotopic (exact) mass is 309 g/mol. The summed E-state index contributed by atoms with van der Waals surface area (Å²) < 4.78 is 0. The third-order valence-electron chi connectivity index (χ3n) is 4.99. The van der Waals surface area contributed by atoms with Gasteiger partial charge in [-0.1, -0.05) is 67.6 Å². The molecule has 2 N–H and O–H groups in total. The third-order valence-corrected chi connectivity index (χ3v) is 4.99. The second-order valence-corrected chi connectivity index (χ2v) is 6.72. The van der Waals surface area contributed by atoms with E-state index in [1.54, 1.807) is 0 Å². The molecule has 1 saturated carbocycles. The lowest BCUT2D eigenvalue weighted by Gasteiger charge is -2.26. The zero-order valence-electron chi connectivity index (χ0n) is 13.4. The molecule has 23 heavy (non-hydrogen) atoms. The minimum Gasteiger partial charge on any atom is -0.480 e. The lowest BCUT2D eigenvalue weighted by molar-refractivity contribution is -0.139. The lowest BCUT2D eigenvalue weighted by Crippen LogP contribution is -2.36. The van der Waals surface area contributed by atoms with Crippen LogP contribution in [0.25, 0.3) is 0 Å². The Balaban J connectivity index is 1.73. The highest BCUT2D eigenvalue weighted by molar-refractivity contribution is 5.75. The van der Waals surface area contributed by atoms with E-state index in [0.29, 0.717) is 0 Å². The number of aliphatic carboxylic acids is 1. The van der Waals surface area contributed by atoms with Gasteiger partial charge in [0.1, 0.15) is 6.04 Å². The molecule has 0 radical (unpaired) electrons. The molecule has 1 fully saturated rings. The van der Waals surface area contributed by atoms with Crippen LogP contribution in [-0.4, -0.2) is 17.1 Å². The highest BCUT2D eigenvalue weighted by Crippen LogP contribution is 2.41. The summed E-state index contributed by atoms with van der Waals surface area (Å²) in [5.74, 6) is -0.815. The second kappa shape index (κ2) is 6.55. The number of benzene rings is 2. The van der Waals surface area contributed by atoms with E-state index < -0.39 is 12.0 Å². The van der Waals surface area contributed by atoms with E-state index in [9.17, 15) is 9.90 Å². The van der Waals surface area contributed by atoms with Crippen molar-refractivity contribution in [3.05, 3.63) is 71.8 Å². The van der Waals surface area contributed by atoms with Crippen LogP contribution >= 0.6 is 0 Å². The van der Waals surface area contributed by atoms with Crippen LogP contribution in [0.4, 0.5) is 0 Å². The highest BCUT2D eigenvalue weighted by Gasteiger charge is 2.38. The Morgan fingerprint density at radius 3 is 2.35 bits per heavy atom. The molecule has 3 rings (SSSR count). The molecule has 0 spiro atoms. The van der Waals surface area contributed by atoms with Crippen LogP contribution in [0.5, 0.6) is 0 Å². The largest absolute Gasteiger partial charge is 0.480 e. The van der Waals surface area contributed by atoms with Gasteiger partial charge < -0.3 is 5.11 Å². The molecule has 0 bridgehead atoms. The van der Waals surface area contributed by atoms with Crippen LogP contribution in [0.2, 0.25) is 0 Å². The summed E-state index contributed by atoms with van der Waals surface area (Å²) in [4.78, 5) is 11.7. The molecular formula is C20H23NO2. The Kier molecular flexibility index (Phi) is 4.49. The first-order chi connectivity index (χ1) is 11.1. The first kappa shape index (κ1) is 15.8. The van der Waals surface area contributed by atoms with Gasteiger partial charge in [0.25, 0.3) is 0 Å². The van der Waals surface area contributed by atoms with Crippen molar-refractivity contribution in [2.24, 2.45) is 0 Å². The molecule has 0 heterocycles. The van der Waals surface area contributed by atoms with Crippen molar-refractivity contribution in [3.8, 4) is 0 Å². The molecule has 2 unspecified atom stereocenters. The van der Waals surface area contributed by atoms with Crippen molar-refractivity contribution < 1.29 is 9.90 Å². The van der Waals surface area contributed by atoms with Crippen molar-refractivity contribution in [1.82, 2.24) is 5.32 Å². The SMILES string of the molecule is CC1(c2ccccc2)CCC(N[C@@H](C(=O)O)c2ccccc2)C1. The Morgan fingerprint density at radius 1 is 1.13 bits per heavy atom. The van der Waals surface area contributed by atoms with E-state index in [-0.39, 0.29) is 11.5 Å². The van der Waals surface area contributed by atoms with Gasteiger partial charge in [-0.15, -0.1) is 0 Å². The molecule has 1 aliphatic rings. The van der Waals surface area contributed by atoms with Gasteiger partial charge in [-0.3, -0.25) is 10.1 Å². The zero-order valence-corrected chi connectivity index (χ0v) is 13.4. The van der Waals surface area contributed by atoms with Crippen LogP contribution in [0.3, 0.4) is 0 Å². The fraction of sp³-hybridized carbons (Fsp3) is 0.350. The Morgan fingerprint density at radius 2 is 1.74 bits per heavy atom. The Bertz CT molecular complexity index is 656. The van der Waals surface area contributed by atoms with Gasteiger partial charge in [-0.05, 0) is 35.8 Å². The normalized spacial score (nSPS) is 25.2. The molecule has 3 nitrogen and oxygen atoms in total. The molecule has 0 saturated heterocycles. The quantitative estimate of drug-likeness (QED) is 0.880. The summed E-state index contributed by atoms with van der Waals surface area (Å²) in [6, 6.07) is 19.5. The average molecular weight is 309 g/mol. The summed E-state index contributed by atoms with van der Waals surface area (Å²) in [5.41, 5.74) is 2.28. The van der Waals surface area contributed by atoms with Crippen molar-refractivity contribution >= 4 is 5.97 Å². The van der Waals surface area contributed by atoms with Crippen LogP contribution < -0.4 is 5.32 Å². The smallest absolute Gasteiger partial charge is 0.325 e. The minimum atomic E-state index is -0.815. The van der Waals surface area contributed by atoms with Crippen molar-refractivity contribution in [1.29, 1.82) is 0 Å². The maximum Gasteiger partial charge on any atom is 0.325 e. The van der Waals surface area contributed by atoms with E-state index in [1.165, 1.54) is 5.56 Å². The lowest BCUT2D eigenvalue weighted by atomic mass is 9.81. The first-order valence-corrected chi connectivity index (χ1v) is 8.18. The summed E-state index contributed by atoms with van der Waals surface area (Å²) >= 11 is 0. The number of carbonyl (C=O) groups is 1. The molecule has 3 atom stereocenters. The number of hydrogen-bond donors (Lipinski definition) is 2. The molecular weight excluding hydrogens is 286 g/mol. The molecule has 0 amide bonds. The molecule has 1 aliphatic carbocycles. The van der Waals surface area contributed by atoms with Gasteiger partial charge in [0.05, 0.1) is 0 Å². The maximum absolute atomic E-state index is 11.7. The Hall–Kier alpha value is -2.13. The summed E-state index contributed by atoms with van der Waals surface area (Å²) in [6.45, 7) is 2.28. The van der Waals surface area contributed by atoms with E-state index in [0.717, 1.165) is 24.8 Å².